The number of rotatable bonds is 3. The van der Waals surface area contributed by atoms with Gasteiger partial charge >= 0.3 is 0 Å². The first-order chi connectivity index (χ1) is 9.49. The molecular weight excluding hydrogens is 482 g/mol. The van der Waals surface area contributed by atoms with Gasteiger partial charge in [0.05, 0.1) is 7.14 Å². The summed E-state index contributed by atoms with van der Waals surface area (Å²) in [6, 6.07) is 9.47. The summed E-state index contributed by atoms with van der Waals surface area (Å²) in [6.45, 7) is 0.206. The summed E-state index contributed by atoms with van der Waals surface area (Å²) in [4.78, 5) is 25.5. The molecule has 2 aromatic rings. The van der Waals surface area contributed by atoms with Crippen LogP contribution in [0.5, 0.6) is 0 Å². The Morgan fingerprint density at radius 2 is 1.70 bits per heavy atom. The molecule has 1 aromatic heterocycles. The van der Waals surface area contributed by atoms with Gasteiger partial charge in [-0.15, -0.1) is 0 Å². The zero-order valence-corrected chi connectivity index (χ0v) is 15.0. The maximum absolute atomic E-state index is 12.2. The fourth-order valence-electron chi connectivity index (χ4n) is 1.71. The van der Waals surface area contributed by atoms with Crippen molar-refractivity contribution in [2.75, 3.05) is 11.9 Å². The van der Waals surface area contributed by atoms with Gasteiger partial charge in [0, 0.05) is 25.1 Å². The molecule has 0 fully saturated rings. The van der Waals surface area contributed by atoms with Crippen LogP contribution in [0, 0.1) is 7.14 Å². The minimum atomic E-state index is -0.0357. The van der Waals surface area contributed by atoms with Crippen LogP contribution in [0.1, 0.15) is 0 Å². The van der Waals surface area contributed by atoms with Crippen LogP contribution in [0.3, 0.4) is 0 Å². The molecule has 0 atom stereocenters. The zero-order valence-electron chi connectivity index (χ0n) is 10.7. The number of amides is 1. The van der Waals surface area contributed by atoms with Crippen LogP contribution in [0.15, 0.2) is 47.5 Å². The molecule has 1 heterocycles. The highest BCUT2D eigenvalue weighted by atomic mass is 127. The second kappa shape index (κ2) is 6.70. The van der Waals surface area contributed by atoms with Crippen molar-refractivity contribution in [3.05, 3.63) is 60.1 Å². The normalized spacial score (nSPS) is 10.3. The molecule has 1 amide bonds. The van der Waals surface area contributed by atoms with E-state index in [0.29, 0.717) is 7.14 Å². The second-order valence-corrected chi connectivity index (χ2v) is 6.57. The molecule has 2 rings (SSSR count). The molecule has 6 heteroatoms. The van der Waals surface area contributed by atoms with Crippen molar-refractivity contribution in [1.29, 1.82) is 0 Å². The number of benzene rings is 1. The van der Waals surface area contributed by atoms with Crippen LogP contribution in [-0.4, -0.2) is 17.5 Å². The summed E-state index contributed by atoms with van der Waals surface area (Å²) in [6.07, 6.45) is 3.39. The molecular formula is C14H12I2N2O2. The van der Waals surface area contributed by atoms with Gasteiger partial charge in [0.1, 0.15) is 6.54 Å². The molecule has 0 aliphatic carbocycles. The maximum Gasteiger partial charge on any atom is 0.246 e. The first-order valence-electron chi connectivity index (χ1n) is 5.85. The van der Waals surface area contributed by atoms with Crippen LogP contribution in [0.2, 0.25) is 0 Å². The number of hydrogen-bond donors (Lipinski definition) is 0. The van der Waals surface area contributed by atoms with Gasteiger partial charge in [-0.3, -0.25) is 9.59 Å². The predicted octanol–water partition coefficient (Wildman–Crippen LogP) is 2.72. The van der Waals surface area contributed by atoms with Crippen LogP contribution in [-0.2, 0) is 11.3 Å². The molecule has 104 valence electrons. The number of pyridine rings is 1. The summed E-state index contributed by atoms with van der Waals surface area (Å²) in [7, 11) is 1.75. The molecule has 0 saturated heterocycles. The first kappa shape index (κ1) is 15.5. The number of aromatic nitrogens is 1. The van der Waals surface area contributed by atoms with Crippen molar-refractivity contribution in [2.45, 2.75) is 6.54 Å². The van der Waals surface area contributed by atoms with E-state index in [0.717, 1.165) is 5.69 Å². The van der Waals surface area contributed by atoms with E-state index < -0.39 is 0 Å². The van der Waals surface area contributed by atoms with E-state index in [4.69, 9.17) is 0 Å². The summed E-state index contributed by atoms with van der Waals surface area (Å²) >= 11 is 3.98. The molecule has 0 saturated carbocycles. The second-order valence-electron chi connectivity index (χ2n) is 4.24. The van der Waals surface area contributed by atoms with Gasteiger partial charge in [-0.2, -0.15) is 0 Å². The van der Waals surface area contributed by atoms with E-state index >= 15 is 0 Å². The topological polar surface area (TPSA) is 42.3 Å². The van der Waals surface area contributed by atoms with Gasteiger partial charge in [-0.05, 0) is 57.3 Å². The third-order valence-corrected chi connectivity index (χ3v) is 4.36. The average Bonchev–Trinajstić information content (AvgIpc) is 2.44. The number of carbonyl (C=O) groups is 1. The van der Waals surface area contributed by atoms with E-state index in [9.17, 15) is 9.59 Å². The first-order valence-corrected chi connectivity index (χ1v) is 8.01. The standard InChI is InChI=1S/C14H12I2N2O2/c1-17(10-5-3-2-4-6-10)13(19)9-18-7-11(15)14(20)12(16)8-18/h2-8H,9H2,1H3. The Kier molecular flexibility index (Phi) is 5.19. The molecule has 0 N–H and O–H groups in total. The van der Waals surface area contributed by atoms with Crippen molar-refractivity contribution in [3.8, 4) is 0 Å². The minimum Gasteiger partial charge on any atom is -0.343 e. The molecule has 0 bridgehead atoms. The van der Waals surface area contributed by atoms with E-state index in [1.165, 1.54) is 0 Å². The van der Waals surface area contributed by atoms with Crippen molar-refractivity contribution in [2.24, 2.45) is 0 Å². The predicted molar refractivity (Wildman–Crippen MR) is 96.0 cm³/mol. The quantitative estimate of drug-likeness (QED) is 0.617. The number of likely N-dealkylation sites (N-methyl/N-ethyl adjacent to an activating group) is 1. The highest BCUT2D eigenvalue weighted by Crippen LogP contribution is 2.12. The third-order valence-electron chi connectivity index (χ3n) is 2.83. The van der Waals surface area contributed by atoms with Crippen molar-refractivity contribution >= 4 is 56.8 Å². The van der Waals surface area contributed by atoms with Gasteiger partial charge < -0.3 is 9.47 Å². The Balaban J connectivity index is 2.18. The number of para-hydroxylation sites is 1. The lowest BCUT2D eigenvalue weighted by Gasteiger charge is -2.18. The summed E-state index contributed by atoms with van der Waals surface area (Å²) in [5, 5.41) is 0. The summed E-state index contributed by atoms with van der Waals surface area (Å²) in [5.74, 6) is -0.0357. The smallest absolute Gasteiger partial charge is 0.246 e. The van der Waals surface area contributed by atoms with Gasteiger partial charge in [-0.25, -0.2) is 0 Å². The molecule has 0 radical (unpaired) electrons. The monoisotopic (exact) mass is 494 g/mol. The Hall–Kier alpha value is -0.900. The van der Waals surface area contributed by atoms with Crippen LogP contribution in [0.4, 0.5) is 5.69 Å². The number of hydrogen-bond acceptors (Lipinski definition) is 2. The van der Waals surface area contributed by atoms with Gasteiger partial charge in [-0.1, -0.05) is 18.2 Å². The highest BCUT2D eigenvalue weighted by molar-refractivity contribution is 14.1. The fourth-order valence-corrected chi connectivity index (χ4v) is 3.52. The van der Waals surface area contributed by atoms with Crippen LogP contribution >= 0.6 is 45.2 Å². The Bertz CT molecular complexity index is 657. The van der Waals surface area contributed by atoms with E-state index in [1.807, 2.05) is 75.5 Å². The molecule has 1 aromatic carbocycles. The Morgan fingerprint density at radius 3 is 2.25 bits per heavy atom. The minimum absolute atomic E-state index is 0.00585. The van der Waals surface area contributed by atoms with Gasteiger partial charge in [0.15, 0.2) is 0 Å². The van der Waals surface area contributed by atoms with Crippen molar-refractivity contribution in [1.82, 2.24) is 4.57 Å². The highest BCUT2D eigenvalue weighted by Gasteiger charge is 2.12. The Labute approximate surface area is 144 Å². The SMILES string of the molecule is CN(C(=O)Cn1cc(I)c(=O)c(I)c1)c1ccccc1. The lowest BCUT2D eigenvalue weighted by Crippen LogP contribution is -2.30. The lowest BCUT2D eigenvalue weighted by molar-refractivity contribution is -0.118. The molecule has 4 nitrogen and oxygen atoms in total. The third kappa shape index (κ3) is 3.60. The molecule has 20 heavy (non-hydrogen) atoms. The van der Waals surface area contributed by atoms with Crippen LogP contribution in [0.25, 0.3) is 0 Å². The van der Waals surface area contributed by atoms with Gasteiger partial charge in [0.2, 0.25) is 11.3 Å². The number of carbonyl (C=O) groups excluding carboxylic acids is 1. The van der Waals surface area contributed by atoms with Crippen molar-refractivity contribution < 1.29 is 4.79 Å². The summed E-state index contributed by atoms with van der Waals surface area (Å²) < 4.78 is 2.97. The largest absolute Gasteiger partial charge is 0.343 e. The lowest BCUT2D eigenvalue weighted by atomic mass is 10.3. The summed E-state index contributed by atoms with van der Waals surface area (Å²) in [5.41, 5.74) is 0.856. The van der Waals surface area contributed by atoms with E-state index in [-0.39, 0.29) is 17.9 Å². The van der Waals surface area contributed by atoms with E-state index in [1.54, 1.807) is 28.9 Å². The number of nitrogens with zero attached hydrogens (tertiary/aromatic N) is 2. The maximum atomic E-state index is 12.2. The molecule has 0 unspecified atom stereocenters. The molecule has 0 spiro atoms. The number of anilines is 1. The van der Waals surface area contributed by atoms with Crippen LogP contribution < -0.4 is 10.3 Å². The Morgan fingerprint density at radius 1 is 1.15 bits per heavy atom. The molecule has 0 aliphatic heterocycles. The molecule has 0 aliphatic rings. The van der Waals surface area contributed by atoms with Crippen molar-refractivity contribution in [3.63, 3.8) is 0 Å². The van der Waals surface area contributed by atoms with Gasteiger partial charge in [0.25, 0.3) is 0 Å². The van der Waals surface area contributed by atoms with E-state index in [2.05, 4.69) is 0 Å². The number of halogens is 2. The fraction of sp³-hybridized carbons (Fsp3) is 0.143. The average molecular weight is 494 g/mol. The zero-order chi connectivity index (χ0) is 14.7.